The first kappa shape index (κ1) is 13.0. The monoisotopic (exact) mass is 254 g/mol. The molecule has 1 saturated heterocycles. The third-order valence-electron chi connectivity index (χ3n) is 3.07. The molecule has 1 aliphatic rings. The van der Waals surface area contributed by atoms with Gasteiger partial charge in [-0.05, 0) is 31.0 Å². The summed E-state index contributed by atoms with van der Waals surface area (Å²) in [5.41, 5.74) is 0.216. The van der Waals surface area contributed by atoms with Gasteiger partial charge in [-0.25, -0.2) is 8.78 Å². The van der Waals surface area contributed by atoms with Crippen LogP contribution in [0.25, 0.3) is 0 Å². The second kappa shape index (κ2) is 5.91. The molecule has 2 N–H and O–H groups in total. The van der Waals surface area contributed by atoms with Crippen LogP contribution in [0.5, 0.6) is 0 Å². The Balaban J connectivity index is 1.82. The molecule has 0 saturated carbocycles. The van der Waals surface area contributed by atoms with Crippen LogP contribution in [-0.4, -0.2) is 25.0 Å². The number of nitrogens with one attached hydrogen (secondary N) is 2. The van der Waals surface area contributed by atoms with Gasteiger partial charge in [-0.15, -0.1) is 0 Å². The zero-order valence-corrected chi connectivity index (χ0v) is 10.0. The van der Waals surface area contributed by atoms with Crippen molar-refractivity contribution in [2.45, 2.75) is 25.3 Å². The van der Waals surface area contributed by atoms with Crippen molar-refractivity contribution in [2.24, 2.45) is 0 Å². The number of hydrogen-bond donors (Lipinski definition) is 2. The van der Waals surface area contributed by atoms with Crippen molar-refractivity contribution in [1.29, 1.82) is 0 Å². The molecular weight excluding hydrogens is 238 g/mol. The van der Waals surface area contributed by atoms with E-state index in [1.807, 2.05) is 0 Å². The Hall–Kier alpha value is -1.49. The molecule has 0 aromatic heterocycles. The molecule has 1 amide bonds. The van der Waals surface area contributed by atoms with Gasteiger partial charge in [0.2, 0.25) is 5.91 Å². The maximum atomic E-state index is 13.3. The quantitative estimate of drug-likeness (QED) is 0.852. The summed E-state index contributed by atoms with van der Waals surface area (Å²) in [6.07, 6.45) is 2.11. The molecule has 0 spiro atoms. The molecule has 0 aliphatic carbocycles. The van der Waals surface area contributed by atoms with E-state index >= 15 is 0 Å². The maximum Gasteiger partial charge on any atom is 0.224 e. The number of benzene rings is 1. The molecule has 1 unspecified atom stereocenters. The van der Waals surface area contributed by atoms with Crippen LogP contribution in [0.3, 0.4) is 0 Å². The van der Waals surface area contributed by atoms with Gasteiger partial charge in [0.1, 0.15) is 11.6 Å². The molecule has 2 rings (SSSR count). The van der Waals surface area contributed by atoms with Crippen LogP contribution in [0.1, 0.15) is 18.4 Å². The first-order chi connectivity index (χ1) is 8.65. The summed E-state index contributed by atoms with van der Waals surface area (Å²) in [6.45, 7) is 1.54. The molecule has 1 atom stereocenters. The molecule has 5 heteroatoms. The fourth-order valence-corrected chi connectivity index (χ4v) is 2.07. The Morgan fingerprint density at radius 2 is 2.28 bits per heavy atom. The highest BCUT2D eigenvalue weighted by Gasteiger charge is 2.15. The topological polar surface area (TPSA) is 41.1 Å². The lowest BCUT2D eigenvalue weighted by Crippen LogP contribution is -2.37. The molecular formula is C13H16F2N2O. The van der Waals surface area contributed by atoms with Crippen LogP contribution < -0.4 is 10.6 Å². The molecule has 1 heterocycles. The summed E-state index contributed by atoms with van der Waals surface area (Å²) in [7, 11) is 0. The predicted molar refractivity (Wildman–Crippen MR) is 64.1 cm³/mol. The summed E-state index contributed by atoms with van der Waals surface area (Å²) in [5, 5.41) is 6.01. The Morgan fingerprint density at radius 3 is 2.94 bits per heavy atom. The fraction of sp³-hybridized carbons (Fsp3) is 0.462. The largest absolute Gasteiger partial charge is 0.354 e. The Morgan fingerprint density at radius 1 is 1.44 bits per heavy atom. The number of carbonyl (C=O) groups excluding carboxylic acids is 1. The minimum absolute atomic E-state index is 0.0567. The smallest absolute Gasteiger partial charge is 0.224 e. The van der Waals surface area contributed by atoms with Crippen LogP contribution in [0.2, 0.25) is 0 Å². The average Bonchev–Trinajstić information content (AvgIpc) is 2.83. The molecule has 1 aliphatic heterocycles. The SMILES string of the molecule is O=C(Cc1ccc(F)cc1F)NCC1CCCN1. The lowest BCUT2D eigenvalue weighted by Gasteiger charge is -2.11. The lowest BCUT2D eigenvalue weighted by molar-refractivity contribution is -0.120. The molecule has 1 fully saturated rings. The van der Waals surface area contributed by atoms with Crippen LogP contribution in [-0.2, 0) is 11.2 Å². The van der Waals surface area contributed by atoms with Crippen LogP contribution in [0, 0.1) is 11.6 Å². The third kappa shape index (κ3) is 3.50. The van der Waals surface area contributed by atoms with Gasteiger partial charge in [0.25, 0.3) is 0 Å². The van der Waals surface area contributed by atoms with E-state index in [4.69, 9.17) is 0 Å². The summed E-state index contributed by atoms with van der Waals surface area (Å²) in [6, 6.07) is 3.57. The van der Waals surface area contributed by atoms with Gasteiger partial charge in [-0.1, -0.05) is 6.07 Å². The molecule has 1 aromatic carbocycles. The molecule has 0 radical (unpaired) electrons. The second-order valence-corrected chi connectivity index (χ2v) is 4.51. The summed E-state index contributed by atoms with van der Waals surface area (Å²) in [4.78, 5) is 11.6. The molecule has 98 valence electrons. The minimum atomic E-state index is -0.677. The number of rotatable bonds is 4. The van der Waals surface area contributed by atoms with Crippen molar-refractivity contribution >= 4 is 5.91 Å². The van der Waals surface area contributed by atoms with Crippen molar-refractivity contribution in [3.8, 4) is 0 Å². The van der Waals surface area contributed by atoms with E-state index in [-0.39, 0.29) is 17.9 Å². The predicted octanol–water partition coefficient (Wildman–Crippen LogP) is 1.38. The van der Waals surface area contributed by atoms with E-state index in [9.17, 15) is 13.6 Å². The molecule has 1 aromatic rings. The van der Waals surface area contributed by atoms with Gasteiger partial charge in [-0.3, -0.25) is 4.79 Å². The summed E-state index contributed by atoms with van der Waals surface area (Å²) in [5.74, 6) is -1.55. The van der Waals surface area contributed by atoms with Crippen molar-refractivity contribution in [1.82, 2.24) is 10.6 Å². The number of carbonyl (C=O) groups is 1. The summed E-state index contributed by atoms with van der Waals surface area (Å²) < 4.78 is 26.0. The molecule has 18 heavy (non-hydrogen) atoms. The van der Waals surface area contributed by atoms with Crippen molar-refractivity contribution in [3.05, 3.63) is 35.4 Å². The van der Waals surface area contributed by atoms with E-state index in [2.05, 4.69) is 10.6 Å². The van der Waals surface area contributed by atoms with Crippen LogP contribution >= 0.6 is 0 Å². The number of hydrogen-bond acceptors (Lipinski definition) is 2. The standard InChI is InChI=1S/C13H16F2N2O/c14-10-4-3-9(12(15)7-10)6-13(18)17-8-11-2-1-5-16-11/h3-4,7,11,16H,1-2,5-6,8H2,(H,17,18). The van der Waals surface area contributed by atoms with Crippen molar-refractivity contribution in [2.75, 3.05) is 13.1 Å². The first-order valence-electron chi connectivity index (χ1n) is 6.09. The maximum absolute atomic E-state index is 13.3. The average molecular weight is 254 g/mol. The lowest BCUT2D eigenvalue weighted by atomic mass is 10.1. The zero-order valence-electron chi connectivity index (χ0n) is 10.0. The molecule has 3 nitrogen and oxygen atoms in total. The van der Waals surface area contributed by atoms with E-state index < -0.39 is 11.6 Å². The van der Waals surface area contributed by atoms with Gasteiger partial charge in [0.05, 0.1) is 6.42 Å². The van der Waals surface area contributed by atoms with Crippen molar-refractivity contribution < 1.29 is 13.6 Å². The van der Waals surface area contributed by atoms with Crippen molar-refractivity contribution in [3.63, 3.8) is 0 Å². The first-order valence-corrected chi connectivity index (χ1v) is 6.09. The van der Waals surface area contributed by atoms with Gasteiger partial charge < -0.3 is 10.6 Å². The van der Waals surface area contributed by atoms with E-state index in [0.717, 1.165) is 31.5 Å². The van der Waals surface area contributed by atoms with E-state index in [1.54, 1.807) is 0 Å². The van der Waals surface area contributed by atoms with E-state index in [0.29, 0.717) is 12.6 Å². The van der Waals surface area contributed by atoms with Gasteiger partial charge >= 0.3 is 0 Å². The second-order valence-electron chi connectivity index (χ2n) is 4.51. The van der Waals surface area contributed by atoms with Gasteiger partial charge in [-0.2, -0.15) is 0 Å². The van der Waals surface area contributed by atoms with Crippen LogP contribution in [0.15, 0.2) is 18.2 Å². The Labute approximate surface area is 105 Å². The zero-order chi connectivity index (χ0) is 13.0. The Bertz CT molecular complexity index is 431. The van der Waals surface area contributed by atoms with Crippen LogP contribution in [0.4, 0.5) is 8.78 Å². The highest BCUT2D eigenvalue weighted by Crippen LogP contribution is 2.10. The third-order valence-corrected chi connectivity index (χ3v) is 3.07. The fourth-order valence-electron chi connectivity index (χ4n) is 2.07. The van der Waals surface area contributed by atoms with Gasteiger partial charge in [0, 0.05) is 18.7 Å². The van der Waals surface area contributed by atoms with E-state index in [1.165, 1.54) is 6.07 Å². The highest BCUT2D eigenvalue weighted by molar-refractivity contribution is 5.78. The normalized spacial score (nSPS) is 18.9. The number of amides is 1. The number of halogens is 2. The summed E-state index contributed by atoms with van der Waals surface area (Å²) >= 11 is 0. The Kier molecular flexibility index (Phi) is 4.25. The minimum Gasteiger partial charge on any atom is -0.354 e. The molecule has 0 bridgehead atoms. The van der Waals surface area contributed by atoms with Gasteiger partial charge in [0.15, 0.2) is 0 Å². The highest BCUT2D eigenvalue weighted by atomic mass is 19.1.